The fraction of sp³-hybridized carbons (Fsp3) is 0.462. The van der Waals surface area contributed by atoms with Crippen molar-refractivity contribution in [1.82, 2.24) is 0 Å². The Morgan fingerprint density at radius 3 is 2.33 bits per heavy atom. The maximum atomic E-state index is 11.4. The summed E-state index contributed by atoms with van der Waals surface area (Å²) in [6.07, 6.45) is -0.620. The van der Waals surface area contributed by atoms with E-state index in [4.69, 9.17) is 16.3 Å². The first kappa shape index (κ1) is 16.6. The van der Waals surface area contributed by atoms with Gasteiger partial charge in [-0.15, -0.1) is 0 Å². The van der Waals surface area contributed by atoms with Gasteiger partial charge in [-0.1, -0.05) is 25.4 Å². The zero-order valence-corrected chi connectivity index (χ0v) is 12.1. The number of halogens is 1. The minimum Gasteiger partial charge on any atom is -0.506 e. The van der Waals surface area contributed by atoms with Crippen molar-refractivity contribution in [3.63, 3.8) is 0 Å². The van der Waals surface area contributed by atoms with Gasteiger partial charge in [0.1, 0.15) is 11.4 Å². The smallest absolute Gasteiger partial charge is 0.412 e. The SMILES string of the molecule is CC.CC(C)(C)OC(=O)Nc1ccc(Cl)cc1O. The second-order valence-corrected chi connectivity index (χ2v) is 4.72. The Kier molecular flexibility index (Phi) is 6.55. The van der Waals surface area contributed by atoms with Gasteiger partial charge in [0.05, 0.1) is 5.69 Å². The van der Waals surface area contributed by atoms with Crippen molar-refractivity contribution >= 4 is 23.4 Å². The molecule has 0 saturated heterocycles. The van der Waals surface area contributed by atoms with Crippen molar-refractivity contribution in [1.29, 1.82) is 0 Å². The number of hydrogen-bond acceptors (Lipinski definition) is 3. The van der Waals surface area contributed by atoms with Crippen LogP contribution in [0.1, 0.15) is 34.6 Å². The molecule has 1 aromatic rings. The van der Waals surface area contributed by atoms with Crippen LogP contribution in [0.5, 0.6) is 5.75 Å². The van der Waals surface area contributed by atoms with Crippen molar-refractivity contribution in [2.45, 2.75) is 40.2 Å². The molecule has 4 nitrogen and oxygen atoms in total. The molecule has 1 rings (SSSR count). The average molecular weight is 274 g/mol. The van der Waals surface area contributed by atoms with Gasteiger partial charge in [-0.05, 0) is 32.9 Å². The number of anilines is 1. The monoisotopic (exact) mass is 273 g/mol. The Labute approximate surface area is 113 Å². The number of ether oxygens (including phenoxy) is 1. The fourth-order valence-electron chi connectivity index (χ4n) is 1.02. The summed E-state index contributed by atoms with van der Waals surface area (Å²) in [4.78, 5) is 11.4. The molecular weight excluding hydrogens is 254 g/mol. The van der Waals surface area contributed by atoms with Crippen molar-refractivity contribution in [2.24, 2.45) is 0 Å². The maximum Gasteiger partial charge on any atom is 0.412 e. The number of phenols is 1. The summed E-state index contributed by atoms with van der Waals surface area (Å²) in [5, 5.41) is 12.3. The Balaban J connectivity index is 0.00000137. The highest BCUT2D eigenvalue weighted by atomic mass is 35.5. The van der Waals surface area contributed by atoms with Gasteiger partial charge in [-0.25, -0.2) is 4.79 Å². The molecule has 2 N–H and O–H groups in total. The third kappa shape index (κ3) is 6.35. The quantitative estimate of drug-likeness (QED) is 0.745. The molecule has 0 aliphatic carbocycles. The third-order valence-corrected chi connectivity index (χ3v) is 1.83. The van der Waals surface area contributed by atoms with Crippen LogP contribution in [0.4, 0.5) is 10.5 Å². The molecule has 102 valence electrons. The topological polar surface area (TPSA) is 58.6 Å². The first-order chi connectivity index (χ1) is 8.28. The molecule has 0 radical (unpaired) electrons. The summed E-state index contributed by atoms with van der Waals surface area (Å²) in [6.45, 7) is 9.27. The van der Waals surface area contributed by atoms with E-state index in [0.29, 0.717) is 5.02 Å². The Morgan fingerprint density at radius 1 is 1.33 bits per heavy atom. The van der Waals surface area contributed by atoms with Crippen LogP contribution in [0.25, 0.3) is 0 Å². The minimum absolute atomic E-state index is 0.0987. The molecule has 0 spiro atoms. The van der Waals surface area contributed by atoms with Crippen LogP contribution >= 0.6 is 11.6 Å². The van der Waals surface area contributed by atoms with Gasteiger partial charge in [0.25, 0.3) is 0 Å². The van der Waals surface area contributed by atoms with Crippen LogP contribution in [0.3, 0.4) is 0 Å². The molecular formula is C13H20ClNO3. The summed E-state index contributed by atoms with van der Waals surface area (Å²) < 4.78 is 5.03. The van der Waals surface area contributed by atoms with Gasteiger partial charge in [0, 0.05) is 11.1 Å². The molecule has 18 heavy (non-hydrogen) atoms. The van der Waals surface area contributed by atoms with Crippen LogP contribution in [0.15, 0.2) is 18.2 Å². The van der Waals surface area contributed by atoms with Crippen LogP contribution < -0.4 is 5.32 Å². The first-order valence-electron chi connectivity index (χ1n) is 5.76. The third-order valence-electron chi connectivity index (χ3n) is 1.60. The van der Waals surface area contributed by atoms with E-state index < -0.39 is 11.7 Å². The largest absolute Gasteiger partial charge is 0.506 e. The van der Waals surface area contributed by atoms with Crippen LogP contribution in [-0.4, -0.2) is 16.8 Å². The Bertz CT molecular complexity index is 400. The molecule has 0 aromatic heterocycles. The van der Waals surface area contributed by atoms with Crippen molar-refractivity contribution < 1.29 is 14.6 Å². The lowest BCUT2D eigenvalue weighted by molar-refractivity contribution is 0.0635. The van der Waals surface area contributed by atoms with Crippen LogP contribution in [-0.2, 0) is 4.74 Å². The summed E-state index contributed by atoms with van der Waals surface area (Å²) >= 11 is 5.66. The number of carbonyl (C=O) groups excluding carboxylic acids is 1. The van der Waals surface area contributed by atoms with E-state index in [2.05, 4.69) is 5.32 Å². The predicted molar refractivity (Wildman–Crippen MR) is 74.3 cm³/mol. The molecule has 0 bridgehead atoms. The second kappa shape index (κ2) is 7.11. The second-order valence-electron chi connectivity index (χ2n) is 4.29. The van der Waals surface area contributed by atoms with Gasteiger partial charge in [-0.2, -0.15) is 0 Å². The zero-order chi connectivity index (χ0) is 14.3. The Hall–Kier alpha value is -1.42. The molecule has 0 aliphatic heterocycles. The lowest BCUT2D eigenvalue weighted by Gasteiger charge is -2.19. The van der Waals surface area contributed by atoms with Crippen LogP contribution in [0, 0.1) is 0 Å². The van der Waals surface area contributed by atoms with Gasteiger partial charge < -0.3 is 9.84 Å². The average Bonchev–Trinajstić information content (AvgIpc) is 2.22. The van der Waals surface area contributed by atoms with E-state index in [1.165, 1.54) is 12.1 Å². The number of carbonyl (C=O) groups is 1. The number of phenolic OH excluding ortho intramolecular Hbond substituents is 1. The predicted octanol–water partition coefficient (Wildman–Crippen LogP) is 4.42. The van der Waals surface area contributed by atoms with E-state index in [9.17, 15) is 9.90 Å². The summed E-state index contributed by atoms with van der Waals surface area (Å²) in [7, 11) is 0. The molecule has 0 heterocycles. The number of benzene rings is 1. The van der Waals surface area contributed by atoms with E-state index in [1.807, 2.05) is 13.8 Å². The number of nitrogens with one attached hydrogen (secondary N) is 1. The molecule has 5 heteroatoms. The molecule has 0 fully saturated rings. The van der Waals surface area contributed by atoms with E-state index in [0.717, 1.165) is 0 Å². The number of hydrogen-bond donors (Lipinski definition) is 2. The van der Waals surface area contributed by atoms with E-state index in [-0.39, 0.29) is 11.4 Å². The van der Waals surface area contributed by atoms with Gasteiger partial charge in [0.2, 0.25) is 0 Å². The number of amides is 1. The van der Waals surface area contributed by atoms with E-state index >= 15 is 0 Å². The van der Waals surface area contributed by atoms with Gasteiger partial charge in [0.15, 0.2) is 0 Å². The molecule has 1 aromatic carbocycles. The number of aromatic hydroxyl groups is 1. The minimum atomic E-state index is -0.620. The molecule has 0 atom stereocenters. The van der Waals surface area contributed by atoms with Gasteiger partial charge >= 0.3 is 6.09 Å². The maximum absolute atomic E-state index is 11.4. The molecule has 1 amide bonds. The summed E-state index contributed by atoms with van der Waals surface area (Å²) in [6, 6.07) is 4.41. The van der Waals surface area contributed by atoms with E-state index in [1.54, 1.807) is 26.8 Å². The van der Waals surface area contributed by atoms with Crippen molar-refractivity contribution in [2.75, 3.05) is 5.32 Å². The fourth-order valence-corrected chi connectivity index (χ4v) is 1.19. The van der Waals surface area contributed by atoms with Gasteiger partial charge in [-0.3, -0.25) is 5.32 Å². The standard InChI is InChI=1S/C11H14ClNO3.C2H6/c1-11(2,3)16-10(15)13-8-5-4-7(12)6-9(8)14;1-2/h4-6,14H,1-3H3,(H,13,15);1-2H3. The highest BCUT2D eigenvalue weighted by Crippen LogP contribution is 2.26. The molecule has 0 unspecified atom stereocenters. The summed E-state index contributed by atoms with van der Waals surface area (Å²) in [5.74, 6) is -0.0987. The summed E-state index contributed by atoms with van der Waals surface area (Å²) in [5.41, 5.74) is -0.315. The van der Waals surface area contributed by atoms with Crippen molar-refractivity contribution in [3.05, 3.63) is 23.2 Å². The Morgan fingerprint density at radius 2 is 1.89 bits per heavy atom. The lowest BCUT2D eigenvalue weighted by atomic mass is 10.2. The van der Waals surface area contributed by atoms with Crippen LogP contribution in [0.2, 0.25) is 5.02 Å². The molecule has 0 aliphatic rings. The zero-order valence-electron chi connectivity index (χ0n) is 11.4. The lowest BCUT2D eigenvalue weighted by Crippen LogP contribution is -2.27. The normalized spacial score (nSPS) is 10.1. The number of rotatable bonds is 1. The highest BCUT2D eigenvalue weighted by molar-refractivity contribution is 6.30. The highest BCUT2D eigenvalue weighted by Gasteiger charge is 2.17. The molecule has 0 saturated carbocycles. The first-order valence-corrected chi connectivity index (χ1v) is 6.14. The van der Waals surface area contributed by atoms with Crippen molar-refractivity contribution in [3.8, 4) is 5.75 Å².